The first kappa shape index (κ1) is 28.8. The molecule has 0 heterocycles. The largest absolute Gasteiger partial charge is 0.350 e. The van der Waals surface area contributed by atoms with Crippen LogP contribution in [-0.4, -0.2) is 49.5 Å². The van der Waals surface area contributed by atoms with Gasteiger partial charge in [-0.2, -0.15) is 0 Å². The molecule has 1 N–H and O–H groups in total. The molecule has 2 aromatic rings. The standard InChI is InChI=1S/C26H36BrN3O4S/c1-18(2)21-10-14-23(15-11-21)30(35(7,33)34)17-24(31)29(16-20-8-12-22(27)13-9-20)19(3)25(32)28-26(4,5)6/h8-15,18-19H,16-17H2,1-7H3,(H,28,32). The fourth-order valence-corrected chi connectivity index (χ4v) is 4.60. The average molecular weight is 567 g/mol. The molecule has 0 radical (unpaired) electrons. The van der Waals surface area contributed by atoms with E-state index in [1.54, 1.807) is 19.1 Å². The number of hydrogen-bond acceptors (Lipinski definition) is 4. The number of carbonyl (C=O) groups excluding carboxylic acids is 2. The van der Waals surface area contributed by atoms with Gasteiger partial charge in [-0.3, -0.25) is 13.9 Å². The summed E-state index contributed by atoms with van der Waals surface area (Å²) in [5.74, 6) is -0.487. The normalized spacial score (nSPS) is 12.8. The van der Waals surface area contributed by atoms with Crippen molar-refractivity contribution in [2.75, 3.05) is 17.1 Å². The van der Waals surface area contributed by atoms with Crippen molar-refractivity contribution in [2.24, 2.45) is 0 Å². The Kier molecular flexibility index (Phi) is 9.53. The molecule has 0 aliphatic carbocycles. The molecule has 35 heavy (non-hydrogen) atoms. The van der Waals surface area contributed by atoms with Crippen LogP contribution in [0.4, 0.5) is 5.69 Å². The Labute approximate surface area is 218 Å². The van der Waals surface area contributed by atoms with Crippen molar-refractivity contribution >= 4 is 43.5 Å². The SMILES string of the molecule is CC(C)c1ccc(N(CC(=O)N(Cc2ccc(Br)cc2)C(C)C(=O)NC(C)(C)C)S(C)(=O)=O)cc1. The molecule has 7 nitrogen and oxygen atoms in total. The highest BCUT2D eigenvalue weighted by Crippen LogP contribution is 2.23. The molecule has 0 saturated carbocycles. The smallest absolute Gasteiger partial charge is 0.244 e. The van der Waals surface area contributed by atoms with Crippen molar-refractivity contribution in [3.05, 3.63) is 64.1 Å². The van der Waals surface area contributed by atoms with Gasteiger partial charge in [0.05, 0.1) is 11.9 Å². The number of amides is 2. The molecule has 1 atom stereocenters. The van der Waals surface area contributed by atoms with Crippen molar-refractivity contribution < 1.29 is 18.0 Å². The minimum atomic E-state index is -3.75. The molecule has 192 valence electrons. The molecule has 0 fully saturated rings. The van der Waals surface area contributed by atoms with Crippen LogP contribution in [0.5, 0.6) is 0 Å². The molecule has 9 heteroatoms. The van der Waals surface area contributed by atoms with E-state index in [1.807, 2.05) is 57.2 Å². The second-order valence-electron chi connectivity index (χ2n) is 10.1. The molecule has 2 aromatic carbocycles. The van der Waals surface area contributed by atoms with Crippen LogP contribution in [0, 0.1) is 0 Å². The highest BCUT2D eigenvalue weighted by Gasteiger charge is 2.31. The van der Waals surface area contributed by atoms with Gasteiger partial charge in [0.15, 0.2) is 0 Å². The van der Waals surface area contributed by atoms with Gasteiger partial charge < -0.3 is 10.2 Å². The first-order valence-electron chi connectivity index (χ1n) is 11.5. The van der Waals surface area contributed by atoms with E-state index in [1.165, 1.54) is 4.90 Å². The second-order valence-corrected chi connectivity index (χ2v) is 12.9. The van der Waals surface area contributed by atoms with E-state index in [-0.39, 0.29) is 12.5 Å². The van der Waals surface area contributed by atoms with E-state index in [4.69, 9.17) is 0 Å². The summed E-state index contributed by atoms with van der Waals surface area (Å²) < 4.78 is 27.3. The summed E-state index contributed by atoms with van der Waals surface area (Å²) in [5.41, 5.74) is 1.82. The van der Waals surface area contributed by atoms with E-state index in [0.29, 0.717) is 11.6 Å². The second kappa shape index (κ2) is 11.6. The maximum atomic E-state index is 13.6. The minimum Gasteiger partial charge on any atom is -0.350 e. The average Bonchev–Trinajstić information content (AvgIpc) is 2.74. The molecule has 1 unspecified atom stereocenters. The maximum absolute atomic E-state index is 13.6. The van der Waals surface area contributed by atoms with Gasteiger partial charge in [-0.05, 0) is 69.0 Å². The number of anilines is 1. The predicted octanol–water partition coefficient (Wildman–Crippen LogP) is 4.67. The van der Waals surface area contributed by atoms with Crippen molar-refractivity contribution in [3.8, 4) is 0 Å². The lowest BCUT2D eigenvalue weighted by Gasteiger charge is -2.33. The summed E-state index contributed by atoms with van der Waals surface area (Å²) >= 11 is 3.40. The molecule has 0 aliphatic heterocycles. The van der Waals surface area contributed by atoms with Crippen molar-refractivity contribution in [2.45, 2.75) is 65.6 Å². The van der Waals surface area contributed by atoms with E-state index >= 15 is 0 Å². The molecule has 0 bridgehead atoms. The zero-order chi connectivity index (χ0) is 26.6. The third-order valence-corrected chi connectivity index (χ3v) is 7.13. The molecule has 0 spiro atoms. The molecule has 2 amide bonds. The quantitative estimate of drug-likeness (QED) is 0.478. The molecule has 0 saturated heterocycles. The summed E-state index contributed by atoms with van der Waals surface area (Å²) in [6, 6.07) is 13.8. The predicted molar refractivity (Wildman–Crippen MR) is 145 cm³/mol. The Balaban J connectivity index is 2.39. The van der Waals surface area contributed by atoms with E-state index in [2.05, 4.69) is 35.1 Å². The number of hydrogen-bond donors (Lipinski definition) is 1. The Morgan fingerprint density at radius 3 is 1.97 bits per heavy atom. The van der Waals surface area contributed by atoms with Crippen LogP contribution >= 0.6 is 15.9 Å². The number of benzene rings is 2. The summed E-state index contributed by atoms with van der Waals surface area (Å²) in [6.07, 6.45) is 1.07. The zero-order valence-electron chi connectivity index (χ0n) is 21.5. The Bertz CT molecular complexity index is 1120. The zero-order valence-corrected chi connectivity index (χ0v) is 23.9. The highest BCUT2D eigenvalue weighted by atomic mass is 79.9. The number of nitrogens with zero attached hydrogens (tertiary/aromatic N) is 2. The van der Waals surface area contributed by atoms with Crippen LogP contribution < -0.4 is 9.62 Å². The summed E-state index contributed by atoms with van der Waals surface area (Å²) in [6.45, 7) is 11.1. The van der Waals surface area contributed by atoms with Crippen LogP contribution in [0.3, 0.4) is 0 Å². The first-order valence-corrected chi connectivity index (χ1v) is 14.2. The van der Waals surface area contributed by atoms with Gasteiger partial charge in [-0.1, -0.05) is 54.0 Å². The summed E-state index contributed by atoms with van der Waals surface area (Å²) in [5, 5.41) is 2.91. The molecule has 0 aromatic heterocycles. The molecular formula is C26H36BrN3O4S. The molecule has 0 aliphatic rings. The van der Waals surface area contributed by atoms with Crippen molar-refractivity contribution in [3.63, 3.8) is 0 Å². The van der Waals surface area contributed by atoms with Crippen LogP contribution in [0.25, 0.3) is 0 Å². The number of nitrogens with one attached hydrogen (secondary N) is 1. The lowest BCUT2D eigenvalue weighted by Crippen LogP contribution is -2.54. The van der Waals surface area contributed by atoms with Crippen LogP contribution in [0.1, 0.15) is 58.6 Å². The summed E-state index contributed by atoms with van der Waals surface area (Å²) in [7, 11) is -3.75. The number of rotatable bonds is 9. The van der Waals surface area contributed by atoms with E-state index in [9.17, 15) is 18.0 Å². The molecular weight excluding hydrogens is 530 g/mol. The fraction of sp³-hybridized carbons (Fsp3) is 0.462. The van der Waals surface area contributed by atoms with Gasteiger partial charge >= 0.3 is 0 Å². The van der Waals surface area contributed by atoms with Gasteiger partial charge in [0.1, 0.15) is 12.6 Å². The third kappa shape index (κ3) is 8.65. The van der Waals surface area contributed by atoms with E-state index in [0.717, 1.165) is 26.2 Å². The number of halogens is 1. The lowest BCUT2D eigenvalue weighted by atomic mass is 10.0. The topological polar surface area (TPSA) is 86.8 Å². The molecule has 2 rings (SSSR count). The van der Waals surface area contributed by atoms with Gasteiger partial charge in [-0.25, -0.2) is 8.42 Å². The highest BCUT2D eigenvalue weighted by molar-refractivity contribution is 9.10. The lowest BCUT2D eigenvalue weighted by molar-refractivity contribution is -0.140. The van der Waals surface area contributed by atoms with Gasteiger partial charge in [0.2, 0.25) is 21.8 Å². The first-order chi connectivity index (χ1) is 16.1. The monoisotopic (exact) mass is 565 g/mol. The maximum Gasteiger partial charge on any atom is 0.244 e. The van der Waals surface area contributed by atoms with E-state index < -0.39 is 34.1 Å². The summed E-state index contributed by atoms with van der Waals surface area (Å²) in [4.78, 5) is 27.9. The fourth-order valence-electron chi connectivity index (χ4n) is 3.48. The van der Waals surface area contributed by atoms with Crippen molar-refractivity contribution in [1.29, 1.82) is 0 Å². The number of carbonyl (C=O) groups is 2. The Morgan fingerprint density at radius 1 is 0.971 bits per heavy atom. The third-order valence-electron chi connectivity index (χ3n) is 5.46. The Morgan fingerprint density at radius 2 is 1.51 bits per heavy atom. The van der Waals surface area contributed by atoms with Crippen molar-refractivity contribution in [1.82, 2.24) is 10.2 Å². The van der Waals surface area contributed by atoms with Gasteiger partial charge in [-0.15, -0.1) is 0 Å². The Hall–Kier alpha value is -2.39. The van der Waals surface area contributed by atoms with Gasteiger partial charge in [0, 0.05) is 16.6 Å². The van der Waals surface area contributed by atoms with Crippen LogP contribution in [0.2, 0.25) is 0 Å². The van der Waals surface area contributed by atoms with Crippen LogP contribution in [-0.2, 0) is 26.2 Å². The number of sulfonamides is 1. The van der Waals surface area contributed by atoms with Crippen LogP contribution in [0.15, 0.2) is 53.0 Å². The minimum absolute atomic E-state index is 0.161. The van der Waals surface area contributed by atoms with Gasteiger partial charge in [0.25, 0.3) is 0 Å².